The highest BCUT2D eigenvalue weighted by Gasteiger charge is 2.32. The number of hydrogen-bond acceptors (Lipinski definition) is 3. The molecule has 4 rings (SSSR count). The molecule has 2 aromatic carbocycles. The van der Waals surface area contributed by atoms with Gasteiger partial charge in [-0.05, 0) is 43.0 Å². The van der Waals surface area contributed by atoms with Crippen molar-refractivity contribution >= 4 is 11.7 Å². The second-order valence-corrected chi connectivity index (χ2v) is 8.38. The highest BCUT2D eigenvalue weighted by atomic mass is 16.2. The molecule has 0 bridgehead atoms. The summed E-state index contributed by atoms with van der Waals surface area (Å²) in [5.41, 5.74) is 3.79. The molecule has 1 aliphatic rings. The minimum atomic E-state index is -0.420. The van der Waals surface area contributed by atoms with E-state index in [4.69, 9.17) is 0 Å². The Morgan fingerprint density at radius 2 is 1.88 bits per heavy atom. The average Bonchev–Trinajstić information content (AvgIpc) is 2.84. The molecule has 162 valence electrons. The summed E-state index contributed by atoms with van der Waals surface area (Å²) in [5.74, 6) is -0.391. The number of amides is 1. The lowest BCUT2D eigenvalue weighted by atomic mass is 9.89. The molecule has 2 atom stereocenters. The second-order valence-electron chi connectivity index (χ2n) is 8.38. The summed E-state index contributed by atoms with van der Waals surface area (Å²) in [4.78, 5) is 33.1. The highest BCUT2D eigenvalue weighted by Crippen LogP contribution is 2.30. The third-order valence-corrected chi connectivity index (χ3v) is 6.00. The van der Waals surface area contributed by atoms with Gasteiger partial charge in [0.25, 0.3) is 0 Å². The molecule has 1 aromatic heterocycles. The first-order valence-corrected chi connectivity index (χ1v) is 11.1. The molecular formula is C28H28N2O2. The SMILES string of the molecule is Cc1cccc(C(=O)CC(Cc2ccccc2)C(=O)N2CC=CCC2c2cccnc2)c1. The van der Waals surface area contributed by atoms with Gasteiger partial charge in [0, 0.05) is 36.8 Å². The lowest BCUT2D eigenvalue weighted by molar-refractivity contribution is -0.137. The maximum Gasteiger partial charge on any atom is 0.227 e. The molecule has 0 N–H and O–H groups in total. The maximum atomic E-state index is 13.8. The zero-order valence-electron chi connectivity index (χ0n) is 18.4. The summed E-state index contributed by atoms with van der Waals surface area (Å²) in [6, 6.07) is 21.4. The van der Waals surface area contributed by atoms with E-state index in [0.29, 0.717) is 18.5 Å². The summed E-state index contributed by atoms with van der Waals surface area (Å²) >= 11 is 0. The maximum absolute atomic E-state index is 13.8. The van der Waals surface area contributed by atoms with Crippen LogP contribution in [0.3, 0.4) is 0 Å². The zero-order chi connectivity index (χ0) is 22.3. The summed E-state index contributed by atoms with van der Waals surface area (Å²) in [7, 11) is 0. The Morgan fingerprint density at radius 3 is 2.62 bits per heavy atom. The number of nitrogens with zero attached hydrogens (tertiary/aromatic N) is 2. The predicted molar refractivity (Wildman–Crippen MR) is 126 cm³/mol. The molecule has 4 nitrogen and oxygen atoms in total. The van der Waals surface area contributed by atoms with Crippen LogP contribution in [-0.4, -0.2) is 28.1 Å². The van der Waals surface area contributed by atoms with Crippen LogP contribution in [0.15, 0.2) is 91.3 Å². The van der Waals surface area contributed by atoms with Crippen LogP contribution < -0.4 is 0 Å². The Balaban J connectivity index is 1.61. The zero-order valence-corrected chi connectivity index (χ0v) is 18.4. The largest absolute Gasteiger partial charge is 0.331 e. The van der Waals surface area contributed by atoms with Crippen molar-refractivity contribution in [1.29, 1.82) is 0 Å². The van der Waals surface area contributed by atoms with Crippen molar-refractivity contribution in [2.45, 2.75) is 32.2 Å². The minimum absolute atomic E-state index is 0.00783. The van der Waals surface area contributed by atoms with E-state index in [0.717, 1.165) is 23.1 Å². The molecule has 0 aliphatic carbocycles. The van der Waals surface area contributed by atoms with E-state index < -0.39 is 5.92 Å². The van der Waals surface area contributed by atoms with E-state index in [1.54, 1.807) is 6.20 Å². The standard InChI is InChI=1S/C28H28N2O2/c1-21-9-7-12-23(17-21)27(31)19-25(18-22-10-3-2-4-11-22)28(32)30-16-6-5-14-26(30)24-13-8-15-29-20-24/h2-13,15,17,20,25-26H,14,16,18-19H2,1H3. The Labute approximate surface area is 189 Å². The monoisotopic (exact) mass is 424 g/mol. The van der Waals surface area contributed by atoms with Crippen molar-refractivity contribution in [1.82, 2.24) is 9.88 Å². The number of aryl methyl sites for hydroxylation is 1. The number of carbonyl (C=O) groups excluding carboxylic acids is 2. The number of benzene rings is 2. The van der Waals surface area contributed by atoms with Crippen LogP contribution >= 0.6 is 0 Å². The van der Waals surface area contributed by atoms with Crippen LogP contribution in [-0.2, 0) is 11.2 Å². The second kappa shape index (κ2) is 10.2. The Bertz CT molecular complexity index is 1090. The Hall–Kier alpha value is -3.53. The van der Waals surface area contributed by atoms with Crippen molar-refractivity contribution in [3.63, 3.8) is 0 Å². The molecule has 0 spiro atoms. The lowest BCUT2D eigenvalue weighted by Crippen LogP contribution is -2.42. The molecule has 1 aliphatic heterocycles. The number of rotatable bonds is 7. The molecule has 4 heteroatoms. The van der Waals surface area contributed by atoms with Gasteiger partial charge >= 0.3 is 0 Å². The molecule has 0 radical (unpaired) electrons. The Morgan fingerprint density at radius 1 is 1.03 bits per heavy atom. The molecule has 1 amide bonds. The average molecular weight is 425 g/mol. The number of aromatic nitrogens is 1. The summed E-state index contributed by atoms with van der Waals surface area (Å²) < 4.78 is 0. The van der Waals surface area contributed by atoms with Crippen molar-refractivity contribution < 1.29 is 9.59 Å². The first kappa shape index (κ1) is 21.7. The van der Waals surface area contributed by atoms with Crippen LogP contribution in [0.2, 0.25) is 0 Å². The van der Waals surface area contributed by atoms with Gasteiger partial charge in [-0.1, -0.05) is 72.3 Å². The van der Waals surface area contributed by atoms with Gasteiger partial charge in [-0.2, -0.15) is 0 Å². The highest BCUT2D eigenvalue weighted by molar-refractivity contribution is 5.98. The van der Waals surface area contributed by atoms with E-state index in [1.807, 2.05) is 90.8 Å². The van der Waals surface area contributed by atoms with Gasteiger partial charge in [0.15, 0.2) is 5.78 Å². The van der Waals surface area contributed by atoms with Crippen molar-refractivity contribution in [2.75, 3.05) is 6.54 Å². The first-order valence-electron chi connectivity index (χ1n) is 11.1. The minimum Gasteiger partial charge on any atom is -0.331 e. The normalized spacial score (nSPS) is 16.5. The third-order valence-electron chi connectivity index (χ3n) is 6.00. The summed E-state index contributed by atoms with van der Waals surface area (Å²) in [6.07, 6.45) is 9.20. The van der Waals surface area contributed by atoms with E-state index in [-0.39, 0.29) is 24.2 Å². The first-order chi connectivity index (χ1) is 15.6. The number of pyridine rings is 1. The van der Waals surface area contributed by atoms with Crippen molar-refractivity contribution in [3.8, 4) is 0 Å². The number of hydrogen-bond donors (Lipinski definition) is 0. The van der Waals surface area contributed by atoms with Gasteiger partial charge in [0.05, 0.1) is 6.04 Å². The quantitative estimate of drug-likeness (QED) is 0.379. The van der Waals surface area contributed by atoms with E-state index in [2.05, 4.69) is 11.1 Å². The number of carbonyl (C=O) groups is 2. The van der Waals surface area contributed by atoms with Crippen LogP contribution in [0.5, 0.6) is 0 Å². The molecule has 2 heterocycles. The van der Waals surface area contributed by atoms with Gasteiger partial charge in [0.1, 0.15) is 0 Å². The molecule has 0 fully saturated rings. The third kappa shape index (κ3) is 5.20. The topological polar surface area (TPSA) is 50.3 Å². The number of ketones is 1. The van der Waals surface area contributed by atoms with Crippen molar-refractivity contribution in [2.24, 2.45) is 5.92 Å². The fraction of sp³-hybridized carbons (Fsp3) is 0.250. The van der Waals surface area contributed by atoms with E-state index in [9.17, 15) is 9.59 Å². The molecule has 3 aromatic rings. The summed E-state index contributed by atoms with van der Waals surface area (Å²) in [5, 5.41) is 0. The van der Waals surface area contributed by atoms with Gasteiger partial charge in [-0.15, -0.1) is 0 Å². The smallest absolute Gasteiger partial charge is 0.227 e. The van der Waals surface area contributed by atoms with Gasteiger partial charge in [-0.25, -0.2) is 0 Å². The lowest BCUT2D eigenvalue weighted by Gasteiger charge is -2.35. The Kier molecular flexibility index (Phi) is 6.90. The molecule has 0 saturated heterocycles. The van der Waals surface area contributed by atoms with Crippen LogP contribution in [0.1, 0.15) is 45.9 Å². The van der Waals surface area contributed by atoms with Crippen LogP contribution in [0.4, 0.5) is 0 Å². The number of Topliss-reactive ketones (excluding diaryl/α,β-unsaturated/α-hetero) is 1. The van der Waals surface area contributed by atoms with Crippen LogP contribution in [0, 0.1) is 12.8 Å². The van der Waals surface area contributed by atoms with Gasteiger partial charge in [0.2, 0.25) is 5.91 Å². The van der Waals surface area contributed by atoms with Gasteiger partial charge < -0.3 is 4.90 Å². The predicted octanol–water partition coefficient (Wildman–Crippen LogP) is 5.35. The molecule has 32 heavy (non-hydrogen) atoms. The fourth-order valence-electron chi connectivity index (χ4n) is 4.34. The molecular weight excluding hydrogens is 396 g/mol. The molecule has 2 unspecified atom stereocenters. The van der Waals surface area contributed by atoms with E-state index >= 15 is 0 Å². The van der Waals surface area contributed by atoms with Gasteiger partial charge in [-0.3, -0.25) is 14.6 Å². The fourth-order valence-corrected chi connectivity index (χ4v) is 4.34. The van der Waals surface area contributed by atoms with Crippen LogP contribution in [0.25, 0.3) is 0 Å². The summed E-state index contributed by atoms with van der Waals surface area (Å²) in [6.45, 7) is 2.52. The van der Waals surface area contributed by atoms with Crippen molar-refractivity contribution in [3.05, 3.63) is 114 Å². The molecule has 0 saturated carbocycles. The van der Waals surface area contributed by atoms with E-state index in [1.165, 1.54) is 0 Å².